The van der Waals surface area contributed by atoms with Crippen LogP contribution >= 0.6 is 11.3 Å². The molecule has 1 aromatic carbocycles. The number of aryl methyl sites for hydroxylation is 1. The summed E-state index contributed by atoms with van der Waals surface area (Å²) in [5.74, 6) is 1.08. The van der Waals surface area contributed by atoms with Crippen molar-refractivity contribution in [3.63, 3.8) is 0 Å². The van der Waals surface area contributed by atoms with E-state index >= 15 is 0 Å². The Labute approximate surface area is 160 Å². The van der Waals surface area contributed by atoms with Crippen LogP contribution in [-0.4, -0.2) is 47.1 Å². The Morgan fingerprint density at radius 2 is 2.04 bits per heavy atom. The minimum atomic E-state index is -0.0578. The molecule has 1 spiro atoms. The van der Waals surface area contributed by atoms with Gasteiger partial charge in [-0.15, -0.1) is 11.3 Å². The zero-order chi connectivity index (χ0) is 18.1. The third-order valence-electron chi connectivity index (χ3n) is 6.01. The third kappa shape index (κ3) is 3.66. The maximum atomic E-state index is 6.72. The molecule has 2 aliphatic rings. The smallest absolute Gasteiger partial charge is 0.124 e. The van der Waals surface area contributed by atoms with Crippen molar-refractivity contribution in [2.45, 2.75) is 57.3 Å². The Morgan fingerprint density at radius 3 is 2.73 bits per heavy atom. The molecule has 2 aromatic rings. The maximum absolute atomic E-state index is 6.72. The van der Waals surface area contributed by atoms with Crippen LogP contribution in [-0.2, 0) is 13.1 Å². The van der Waals surface area contributed by atoms with Gasteiger partial charge in [0.15, 0.2) is 0 Å². The van der Waals surface area contributed by atoms with Gasteiger partial charge in [0.2, 0.25) is 0 Å². The van der Waals surface area contributed by atoms with Gasteiger partial charge in [0, 0.05) is 36.1 Å². The Morgan fingerprint density at radius 1 is 1.27 bits per heavy atom. The minimum Gasteiger partial charge on any atom is -0.486 e. The number of fused-ring (bicyclic) bond motifs is 1. The molecule has 2 heterocycles. The number of ether oxygens (including phenoxy) is 1. The van der Waals surface area contributed by atoms with Crippen LogP contribution in [0.5, 0.6) is 5.75 Å². The SMILES string of the molecule is Cc1ncsc1CN1Cc2ccccc2OC2(CCC(N(C)C)CC2)C1. The second-order valence-corrected chi connectivity index (χ2v) is 9.03. The second-order valence-electron chi connectivity index (χ2n) is 8.09. The summed E-state index contributed by atoms with van der Waals surface area (Å²) >= 11 is 1.77. The van der Waals surface area contributed by atoms with Gasteiger partial charge < -0.3 is 9.64 Å². The van der Waals surface area contributed by atoms with Gasteiger partial charge >= 0.3 is 0 Å². The average molecular weight is 372 g/mol. The molecule has 1 aliphatic heterocycles. The molecular formula is C21H29N3OS. The van der Waals surface area contributed by atoms with Crippen LogP contribution in [0.2, 0.25) is 0 Å². The number of hydrogen-bond acceptors (Lipinski definition) is 5. The molecule has 4 nitrogen and oxygen atoms in total. The highest BCUT2D eigenvalue weighted by molar-refractivity contribution is 7.09. The zero-order valence-electron chi connectivity index (χ0n) is 16.1. The van der Waals surface area contributed by atoms with Gasteiger partial charge in [0.05, 0.1) is 11.2 Å². The van der Waals surface area contributed by atoms with Crippen molar-refractivity contribution >= 4 is 11.3 Å². The highest BCUT2D eigenvalue weighted by atomic mass is 32.1. The first-order chi connectivity index (χ1) is 12.5. The lowest BCUT2D eigenvalue weighted by Crippen LogP contribution is -2.50. The second kappa shape index (κ2) is 7.29. The van der Waals surface area contributed by atoms with Crippen molar-refractivity contribution in [3.8, 4) is 5.75 Å². The number of rotatable bonds is 3. The molecule has 1 fully saturated rings. The van der Waals surface area contributed by atoms with Crippen LogP contribution < -0.4 is 4.74 Å². The van der Waals surface area contributed by atoms with E-state index in [1.807, 2.05) is 5.51 Å². The van der Waals surface area contributed by atoms with Gasteiger partial charge in [-0.25, -0.2) is 4.98 Å². The first-order valence-electron chi connectivity index (χ1n) is 9.59. The Balaban J connectivity index is 1.60. The Hall–Kier alpha value is -1.43. The van der Waals surface area contributed by atoms with Crippen LogP contribution in [0.1, 0.15) is 41.8 Å². The lowest BCUT2D eigenvalue weighted by Gasteiger charge is -2.43. The average Bonchev–Trinajstić information content (AvgIpc) is 2.94. The predicted octanol–water partition coefficient (Wildman–Crippen LogP) is 4.09. The van der Waals surface area contributed by atoms with E-state index in [1.54, 1.807) is 11.3 Å². The number of benzene rings is 1. The molecular weight excluding hydrogens is 342 g/mol. The molecule has 26 heavy (non-hydrogen) atoms. The molecule has 0 amide bonds. The highest BCUT2D eigenvalue weighted by Crippen LogP contribution is 2.39. The predicted molar refractivity (Wildman–Crippen MR) is 107 cm³/mol. The van der Waals surface area contributed by atoms with E-state index in [0.29, 0.717) is 6.04 Å². The molecule has 1 aliphatic carbocycles. The van der Waals surface area contributed by atoms with Crippen LogP contribution in [0.3, 0.4) is 0 Å². The fourth-order valence-electron chi connectivity index (χ4n) is 4.40. The van der Waals surface area contributed by atoms with E-state index in [4.69, 9.17) is 4.74 Å². The van der Waals surface area contributed by atoms with Crippen molar-refractivity contribution in [3.05, 3.63) is 45.9 Å². The number of para-hydroxylation sites is 1. The molecule has 1 saturated carbocycles. The van der Waals surface area contributed by atoms with Gasteiger partial charge in [0.1, 0.15) is 11.4 Å². The van der Waals surface area contributed by atoms with Crippen molar-refractivity contribution in [1.29, 1.82) is 0 Å². The summed E-state index contributed by atoms with van der Waals surface area (Å²) in [4.78, 5) is 10.8. The molecule has 0 atom stereocenters. The van der Waals surface area contributed by atoms with E-state index in [2.05, 4.69) is 60.1 Å². The number of nitrogens with zero attached hydrogens (tertiary/aromatic N) is 3. The normalized spacial score (nSPS) is 26.5. The maximum Gasteiger partial charge on any atom is 0.124 e. The number of thiazole rings is 1. The van der Waals surface area contributed by atoms with E-state index in [9.17, 15) is 0 Å². The van der Waals surface area contributed by atoms with Crippen LogP contribution in [0, 0.1) is 6.92 Å². The van der Waals surface area contributed by atoms with Gasteiger partial charge in [-0.05, 0) is 52.8 Å². The Bertz CT molecular complexity index is 749. The summed E-state index contributed by atoms with van der Waals surface area (Å²) in [7, 11) is 4.40. The Kier molecular flexibility index (Phi) is 5.04. The van der Waals surface area contributed by atoms with Gasteiger partial charge in [-0.2, -0.15) is 0 Å². The first-order valence-corrected chi connectivity index (χ1v) is 10.5. The standard InChI is InChI=1S/C21H29N3OS/c1-16-20(26-15-22-16)13-24-12-17-6-4-5-7-19(17)25-21(14-24)10-8-18(9-11-21)23(2)3/h4-7,15,18H,8-14H2,1-3H3. The van der Waals surface area contributed by atoms with Gasteiger partial charge in [0.25, 0.3) is 0 Å². The monoisotopic (exact) mass is 371 g/mol. The summed E-state index contributed by atoms with van der Waals surface area (Å²) in [6, 6.07) is 9.27. The van der Waals surface area contributed by atoms with Crippen LogP contribution in [0.25, 0.3) is 0 Å². The first kappa shape index (κ1) is 18.0. The highest BCUT2D eigenvalue weighted by Gasteiger charge is 2.41. The molecule has 0 bridgehead atoms. The molecule has 5 heteroatoms. The lowest BCUT2D eigenvalue weighted by atomic mass is 9.81. The van der Waals surface area contributed by atoms with E-state index in [-0.39, 0.29) is 5.60 Å². The fraction of sp³-hybridized carbons (Fsp3) is 0.571. The summed E-state index contributed by atoms with van der Waals surface area (Å²) in [6.07, 6.45) is 4.68. The van der Waals surface area contributed by atoms with Crippen molar-refractivity contribution in [1.82, 2.24) is 14.8 Å². The van der Waals surface area contributed by atoms with Crippen molar-refractivity contribution < 1.29 is 4.74 Å². The van der Waals surface area contributed by atoms with Crippen molar-refractivity contribution in [2.24, 2.45) is 0 Å². The van der Waals surface area contributed by atoms with Gasteiger partial charge in [-0.1, -0.05) is 18.2 Å². The molecule has 1 aromatic heterocycles. The van der Waals surface area contributed by atoms with Crippen LogP contribution in [0.15, 0.2) is 29.8 Å². The number of hydrogen-bond donors (Lipinski definition) is 0. The molecule has 140 valence electrons. The van der Waals surface area contributed by atoms with E-state index in [1.165, 1.54) is 29.0 Å². The third-order valence-corrected chi connectivity index (χ3v) is 6.93. The summed E-state index contributed by atoms with van der Waals surface area (Å²) in [5.41, 5.74) is 4.38. The summed E-state index contributed by atoms with van der Waals surface area (Å²) in [5, 5.41) is 0. The van der Waals surface area contributed by atoms with Crippen LogP contribution in [0.4, 0.5) is 0 Å². The fourth-order valence-corrected chi connectivity index (χ4v) is 5.22. The van der Waals surface area contributed by atoms with Crippen molar-refractivity contribution in [2.75, 3.05) is 20.6 Å². The lowest BCUT2D eigenvalue weighted by molar-refractivity contribution is -0.0133. The topological polar surface area (TPSA) is 28.6 Å². The van der Waals surface area contributed by atoms with E-state index < -0.39 is 0 Å². The molecule has 0 saturated heterocycles. The molecule has 0 radical (unpaired) electrons. The summed E-state index contributed by atoms with van der Waals surface area (Å²) < 4.78 is 6.72. The molecule has 4 rings (SSSR count). The van der Waals surface area contributed by atoms with E-state index in [0.717, 1.165) is 38.2 Å². The van der Waals surface area contributed by atoms with Gasteiger partial charge in [-0.3, -0.25) is 4.90 Å². The molecule has 0 N–H and O–H groups in total. The molecule has 0 unspecified atom stereocenters. The zero-order valence-corrected chi connectivity index (χ0v) is 16.9. The quantitative estimate of drug-likeness (QED) is 0.812. The number of aromatic nitrogens is 1. The largest absolute Gasteiger partial charge is 0.486 e. The summed E-state index contributed by atoms with van der Waals surface area (Å²) in [6.45, 7) is 5.03. The minimum absolute atomic E-state index is 0.0578.